The highest BCUT2D eigenvalue weighted by Gasteiger charge is 2.39. The lowest BCUT2D eigenvalue weighted by Crippen LogP contribution is -2.26. The number of nitrogen functional groups attached to an aromatic ring is 1. The lowest BCUT2D eigenvalue weighted by Gasteiger charge is -2.06. The molecule has 2 aromatic carbocycles. The molecule has 20 heavy (non-hydrogen) atoms. The second-order valence-electron chi connectivity index (χ2n) is 5.07. The molecule has 0 saturated heterocycles. The first-order valence-corrected chi connectivity index (χ1v) is 6.94. The van der Waals surface area contributed by atoms with E-state index in [1.165, 1.54) is 5.56 Å². The van der Waals surface area contributed by atoms with E-state index in [0.717, 1.165) is 6.42 Å². The number of rotatable bonds is 3. The predicted octanol–water partition coefficient (Wildman–Crippen LogP) is 3.21. The number of amides is 1. The van der Waals surface area contributed by atoms with Crippen LogP contribution in [0.1, 0.15) is 28.3 Å². The Balaban J connectivity index is 1.65. The maximum absolute atomic E-state index is 12.1. The number of anilines is 1. The Bertz CT molecular complexity index is 642. The molecule has 0 spiro atoms. The molecule has 1 aliphatic carbocycles. The Morgan fingerprint density at radius 2 is 1.95 bits per heavy atom. The quantitative estimate of drug-likeness (QED) is 0.851. The highest BCUT2D eigenvalue weighted by atomic mass is 35.5. The fraction of sp³-hybridized carbons (Fsp3) is 0.188. The third-order valence-electron chi connectivity index (χ3n) is 3.60. The summed E-state index contributed by atoms with van der Waals surface area (Å²) < 4.78 is 0. The van der Waals surface area contributed by atoms with Crippen molar-refractivity contribution in [1.82, 2.24) is 5.32 Å². The number of benzene rings is 2. The van der Waals surface area contributed by atoms with E-state index in [0.29, 0.717) is 22.2 Å². The Hall–Kier alpha value is -2.00. The monoisotopic (exact) mass is 286 g/mol. The third kappa shape index (κ3) is 2.63. The zero-order valence-electron chi connectivity index (χ0n) is 10.8. The van der Waals surface area contributed by atoms with Crippen molar-refractivity contribution in [3.05, 3.63) is 64.7 Å². The number of nitrogens with one attached hydrogen (secondary N) is 1. The number of carbonyl (C=O) groups is 1. The average molecular weight is 287 g/mol. The topological polar surface area (TPSA) is 55.1 Å². The molecule has 1 aliphatic rings. The van der Waals surface area contributed by atoms with Crippen LogP contribution in [0.4, 0.5) is 5.69 Å². The van der Waals surface area contributed by atoms with Crippen LogP contribution in [-0.4, -0.2) is 11.9 Å². The van der Waals surface area contributed by atoms with Crippen LogP contribution in [0.3, 0.4) is 0 Å². The average Bonchev–Trinajstić information content (AvgIpc) is 3.22. The maximum atomic E-state index is 12.1. The molecule has 4 heteroatoms. The number of halogens is 1. The normalized spacial score (nSPS) is 20.4. The molecule has 2 aromatic rings. The van der Waals surface area contributed by atoms with Crippen molar-refractivity contribution in [2.75, 3.05) is 5.73 Å². The summed E-state index contributed by atoms with van der Waals surface area (Å²) in [5, 5.41) is 3.44. The largest absolute Gasteiger partial charge is 0.398 e. The van der Waals surface area contributed by atoms with E-state index in [-0.39, 0.29) is 11.9 Å². The highest BCUT2D eigenvalue weighted by molar-refractivity contribution is 6.33. The zero-order valence-corrected chi connectivity index (χ0v) is 11.6. The molecule has 0 aromatic heterocycles. The second kappa shape index (κ2) is 5.17. The van der Waals surface area contributed by atoms with Gasteiger partial charge in [0, 0.05) is 17.5 Å². The van der Waals surface area contributed by atoms with Gasteiger partial charge in [0.25, 0.3) is 5.91 Å². The molecule has 1 amide bonds. The molecule has 2 unspecified atom stereocenters. The summed E-state index contributed by atoms with van der Waals surface area (Å²) >= 11 is 5.93. The van der Waals surface area contributed by atoms with Gasteiger partial charge in [0.05, 0.1) is 10.7 Å². The number of hydrogen-bond acceptors (Lipinski definition) is 2. The lowest BCUT2D eigenvalue weighted by atomic mass is 10.1. The number of hydrogen-bond donors (Lipinski definition) is 2. The van der Waals surface area contributed by atoms with E-state index in [9.17, 15) is 4.79 Å². The van der Waals surface area contributed by atoms with Crippen molar-refractivity contribution in [2.45, 2.75) is 18.4 Å². The van der Waals surface area contributed by atoms with Gasteiger partial charge in [0.2, 0.25) is 0 Å². The minimum absolute atomic E-state index is 0.102. The van der Waals surface area contributed by atoms with Crippen LogP contribution in [0, 0.1) is 0 Å². The molecule has 1 fully saturated rings. The van der Waals surface area contributed by atoms with Gasteiger partial charge in [-0.05, 0) is 30.2 Å². The van der Waals surface area contributed by atoms with Crippen LogP contribution >= 0.6 is 11.6 Å². The molecular weight excluding hydrogens is 272 g/mol. The van der Waals surface area contributed by atoms with Gasteiger partial charge in [0.1, 0.15) is 0 Å². The van der Waals surface area contributed by atoms with E-state index in [1.807, 2.05) is 18.2 Å². The summed E-state index contributed by atoms with van der Waals surface area (Å²) in [6.45, 7) is 0. The van der Waals surface area contributed by atoms with Crippen LogP contribution in [-0.2, 0) is 0 Å². The third-order valence-corrected chi connectivity index (χ3v) is 3.92. The molecule has 3 nitrogen and oxygen atoms in total. The highest BCUT2D eigenvalue weighted by Crippen LogP contribution is 2.40. The molecule has 1 saturated carbocycles. The molecular formula is C16H15ClN2O. The molecule has 3 rings (SSSR count). The molecule has 0 aliphatic heterocycles. The van der Waals surface area contributed by atoms with Crippen molar-refractivity contribution >= 4 is 23.2 Å². The fourth-order valence-electron chi connectivity index (χ4n) is 2.34. The maximum Gasteiger partial charge on any atom is 0.251 e. The zero-order chi connectivity index (χ0) is 14.1. The minimum atomic E-state index is -0.102. The van der Waals surface area contributed by atoms with Gasteiger partial charge >= 0.3 is 0 Å². The van der Waals surface area contributed by atoms with Gasteiger partial charge in [-0.25, -0.2) is 0 Å². The van der Waals surface area contributed by atoms with Crippen molar-refractivity contribution in [1.29, 1.82) is 0 Å². The van der Waals surface area contributed by atoms with Crippen molar-refractivity contribution < 1.29 is 4.79 Å². The Kier molecular flexibility index (Phi) is 3.36. The van der Waals surface area contributed by atoms with Crippen LogP contribution in [0.5, 0.6) is 0 Å². The number of carbonyl (C=O) groups excluding carboxylic acids is 1. The lowest BCUT2D eigenvalue weighted by molar-refractivity contribution is 0.0950. The smallest absolute Gasteiger partial charge is 0.251 e. The van der Waals surface area contributed by atoms with Crippen LogP contribution in [0.2, 0.25) is 5.02 Å². The molecule has 0 radical (unpaired) electrons. The summed E-state index contributed by atoms with van der Waals surface area (Å²) in [6, 6.07) is 15.4. The van der Waals surface area contributed by atoms with E-state index in [4.69, 9.17) is 17.3 Å². The van der Waals surface area contributed by atoms with Crippen LogP contribution in [0.25, 0.3) is 0 Å². The molecule has 2 atom stereocenters. The van der Waals surface area contributed by atoms with E-state index in [1.54, 1.807) is 18.2 Å². The van der Waals surface area contributed by atoms with Crippen molar-refractivity contribution in [2.24, 2.45) is 0 Å². The van der Waals surface area contributed by atoms with Gasteiger partial charge in [-0.3, -0.25) is 4.79 Å². The summed E-state index contributed by atoms with van der Waals surface area (Å²) in [4.78, 5) is 12.1. The van der Waals surface area contributed by atoms with Gasteiger partial charge < -0.3 is 11.1 Å². The Morgan fingerprint density at radius 1 is 1.20 bits per heavy atom. The SMILES string of the molecule is Nc1ccc(C(=O)NC2CC2c2ccccc2)cc1Cl. The number of nitrogens with two attached hydrogens (primary N) is 1. The summed E-state index contributed by atoms with van der Waals surface area (Å²) in [6.07, 6.45) is 0.985. The standard InChI is InChI=1S/C16H15ClN2O/c17-13-8-11(6-7-14(13)18)16(20)19-15-9-12(15)10-4-2-1-3-5-10/h1-8,12,15H,9,18H2,(H,19,20). The Morgan fingerprint density at radius 3 is 2.65 bits per heavy atom. The van der Waals surface area contributed by atoms with Crippen LogP contribution in [0.15, 0.2) is 48.5 Å². The first kappa shape index (κ1) is 13.0. The van der Waals surface area contributed by atoms with E-state index >= 15 is 0 Å². The molecule has 0 heterocycles. The van der Waals surface area contributed by atoms with Crippen molar-refractivity contribution in [3.63, 3.8) is 0 Å². The molecule has 3 N–H and O–H groups in total. The fourth-order valence-corrected chi connectivity index (χ4v) is 2.52. The van der Waals surface area contributed by atoms with Gasteiger partial charge in [-0.2, -0.15) is 0 Å². The predicted molar refractivity (Wildman–Crippen MR) is 80.9 cm³/mol. The van der Waals surface area contributed by atoms with Gasteiger partial charge in [-0.1, -0.05) is 41.9 Å². The second-order valence-corrected chi connectivity index (χ2v) is 5.48. The molecule has 102 valence electrons. The summed E-state index contributed by atoms with van der Waals surface area (Å²) in [5.41, 5.74) is 7.94. The first-order valence-electron chi connectivity index (χ1n) is 6.56. The first-order chi connectivity index (χ1) is 9.65. The van der Waals surface area contributed by atoms with E-state index in [2.05, 4.69) is 17.4 Å². The summed E-state index contributed by atoms with van der Waals surface area (Å²) in [7, 11) is 0. The summed E-state index contributed by atoms with van der Waals surface area (Å²) in [5.74, 6) is 0.319. The Labute approximate surface area is 122 Å². The van der Waals surface area contributed by atoms with Gasteiger partial charge in [-0.15, -0.1) is 0 Å². The van der Waals surface area contributed by atoms with Gasteiger partial charge in [0.15, 0.2) is 0 Å². The minimum Gasteiger partial charge on any atom is -0.398 e. The van der Waals surface area contributed by atoms with Crippen molar-refractivity contribution in [3.8, 4) is 0 Å². The van der Waals surface area contributed by atoms with Crippen LogP contribution < -0.4 is 11.1 Å². The molecule has 0 bridgehead atoms. The van der Waals surface area contributed by atoms with E-state index < -0.39 is 0 Å².